The van der Waals surface area contributed by atoms with Crippen LogP contribution in [0.4, 0.5) is 4.39 Å². The molecule has 0 atom stereocenters. The van der Waals surface area contributed by atoms with Crippen molar-refractivity contribution in [3.8, 4) is 0 Å². The second-order valence-electron chi connectivity index (χ2n) is 3.56. The topological polar surface area (TPSA) is 23.5 Å². The minimum atomic E-state index is -0.233. The molecule has 1 aliphatic rings. The summed E-state index contributed by atoms with van der Waals surface area (Å²) in [4.78, 5) is 2.07. The summed E-state index contributed by atoms with van der Waals surface area (Å²) in [6.45, 7) is 2.06. The predicted octanol–water partition coefficient (Wildman–Crippen LogP) is 1.76. The van der Waals surface area contributed by atoms with Gasteiger partial charge in [-0.3, -0.25) is 4.90 Å². The summed E-state index contributed by atoms with van der Waals surface area (Å²) >= 11 is 3.21. The maximum absolute atomic E-state index is 13.1. The molecule has 1 aromatic carbocycles. The third-order valence-electron chi connectivity index (χ3n) is 2.36. The van der Waals surface area contributed by atoms with Crippen LogP contribution in [-0.4, -0.2) is 29.2 Å². The molecule has 76 valence electrons. The molecular weight excluding hydrogens is 249 g/mol. The van der Waals surface area contributed by atoms with Crippen molar-refractivity contribution in [1.29, 1.82) is 0 Å². The van der Waals surface area contributed by atoms with Crippen LogP contribution in [-0.2, 0) is 6.54 Å². The fraction of sp³-hybridized carbons (Fsp3) is 0.400. The van der Waals surface area contributed by atoms with Gasteiger partial charge in [0.15, 0.2) is 0 Å². The molecular formula is C10H11BrFNO. The van der Waals surface area contributed by atoms with Crippen molar-refractivity contribution in [2.24, 2.45) is 0 Å². The number of aliphatic hydroxyl groups is 1. The van der Waals surface area contributed by atoms with E-state index in [0.29, 0.717) is 24.1 Å². The van der Waals surface area contributed by atoms with E-state index >= 15 is 0 Å². The number of benzene rings is 1. The monoisotopic (exact) mass is 259 g/mol. The maximum Gasteiger partial charge on any atom is 0.137 e. The molecule has 1 aliphatic heterocycles. The van der Waals surface area contributed by atoms with E-state index in [9.17, 15) is 4.39 Å². The SMILES string of the molecule is OC1CN(Cc2cccc(F)c2Br)C1. The van der Waals surface area contributed by atoms with Crippen molar-refractivity contribution in [3.05, 3.63) is 34.1 Å². The number of halogens is 2. The van der Waals surface area contributed by atoms with Gasteiger partial charge < -0.3 is 5.11 Å². The molecule has 1 aromatic rings. The second kappa shape index (κ2) is 3.96. The van der Waals surface area contributed by atoms with Crippen LogP contribution in [0.3, 0.4) is 0 Å². The number of rotatable bonds is 2. The largest absolute Gasteiger partial charge is 0.390 e. The summed E-state index contributed by atoms with van der Waals surface area (Å²) in [5.41, 5.74) is 0.928. The summed E-state index contributed by atoms with van der Waals surface area (Å²) in [6.07, 6.45) is -0.206. The molecule has 1 heterocycles. The van der Waals surface area contributed by atoms with Crippen LogP contribution in [0.2, 0.25) is 0 Å². The van der Waals surface area contributed by atoms with Gasteiger partial charge in [-0.05, 0) is 27.6 Å². The van der Waals surface area contributed by atoms with Gasteiger partial charge in [0, 0.05) is 19.6 Å². The minimum Gasteiger partial charge on any atom is -0.390 e. The Morgan fingerprint density at radius 1 is 1.50 bits per heavy atom. The van der Waals surface area contributed by atoms with E-state index in [1.165, 1.54) is 6.07 Å². The van der Waals surface area contributed by atoms with E-state index < -0.39 is 0 Å². The third kappa shape index (κ3) is 1.97. The summed E-state index contributed by atoms with van der Waals surface area (Å²) in [5, 5.41) is 9.09. The minimum absolute atomic E-state index is 0.206. The van der Waals surface area contributed by atoms with Gasteiger partial charge in [-0.2, -0.15) is 0 Å². The zero-order valence-corrected chi connectivity index (χ0v) is 9.17. The summed E-state index contributed by atoms with van der Waals surface area (Å²) in [6, 6.07) is 5.02. The van der Waals surface area contributed by atoms with Crippen molar-refractivity contribution in [3.63, 3.8) is 0 Å². The lowest BCUT2D eigenvalue weighted by Gasteiger charge is -2.36. The van der Waals surface area contributed by atoms with E-state index in [2.05, 4.69) is 20.8 Å². The van der Waals surface area contributed by atoms with Crippen LogP contribution >= 0.6 is 15.9 Å². The number of aliphatic hydroxyl groups excluding tert-OH is 1. The number of nitrogens with zero attached hydrogens (tertiary/aromatic N) is 1. The molecule has 0 aromatic heterocycles. The molecule has 0 radical (unpaired) electrons. The number of hydrogen-bond acceptors (Lipinski definition) is 2. The lowest BCUT2D eigenvalue weighted by Crippen LogP contribution is -2.49. The molecule has 2 rings (SSSR count). The Morgan fingerprint density at radius 2 is 2.21 bits per heavy atom. The average molecular weight is 260 g/mol. The Morgan fingerprint density at radius 3 is 2.86 bits per heavy atom. The van der Waals surface area contributed by atoms with E-state index in [1.54, 1.807) is 6.07 Å². The van der Waals surface area contributed by atoms with Crippen LogP contribution in [0.15, 0.2) is 22.7 Å². The summed E-state index contributed by atoms with van der Waals surface area (Å²) < 4.78 is 13.6. The Labute approximate surface area is 90.5 Å². The van der Waals surface area contributed by atoms with Gasteiger partial charge in [-0.1, -0.05) is 12.1 Å². The van der Waals surface area contributed by atoms with E-state index in [0.717, 1.165) is 5.56 Å². The first-order valence-electron chi connectivity index (χ1n) is 4.50. The molecule has 0 amide bonds. The second-order valence-corrected chi connectivity index (χ2v) is 4.35. The highest BCUT2D eigenvalue weighted by Gasteiger charge is 2.24. The number of β-amino-alcohol motifs (C(OH)–C–C–N with tert-alkyl or cyclic N) is 1. The summed E-state index contributed by atoms with van der Waals surface area (Å²) in [7, 11) is 0. The van der Waals surface area contributed by atoms with Gasteiger partial charge in [-0.25, -0.2) is 4.39 Å². The Kier molecular flexibility index (Phi) is 2.85. The Balaban J connectivity index is 2.06. The fourth-order valence-corrected chi connectivity index (χ4v) is 1.97. The lowest BCUT2D eigenvalue weighted by molar-refractivity contribution is -0.00302. The van der Waals surface area contributed by atoms with Crippen molar-refractivity contribution in [2.75, 3.05) is 13.1 Å². The first-order chi connectivity index (χ1) is 6.66. The van der Waals surface area contributed by atoms with Crippen LogP contribution in [0, 0.1) is 5.82 Å². The first-order valence-corrected chi connectivity index (χ1v) is 5.29. The lowest BCUT2D eigenvalue weighted by atomic mass is 10.1. The zero-order valence-electron chi connectivity index (χ0n) is 7.58. The number of hydrogen-bond donors (Lipinski definition) is 1. The molecule has 1 fully saturated rings. The maximum atomic E-state index is 13.1. The van der Waals surface area contributed by atoms with Gasteiger partial charge in [0.25, 0.3) is 0 Å². The molecule has 0 saturated carbocycles. The molecule has 1 saturated heterocycles. The standard InChI is InChI=1S/C10H11BrFNO/c11-10-7(2-1-3-9(10)12)4-13-5-8(14)6-13/h1-3,8,14H,4-6H2. The molecule has 0 unspecified atom stereocenters. The quantitative estimate of drug-likeness (QED) is 0.875. The van der Waals surface area contributed by atoms with Crippen LogP contribution in [0.1, 0.15) is 5.56 Å². The average Bonchev–Trinajstić information content (AvgIpc) is 2.10. The van der Waals surface area contributed by atoms with Crippen LogP contribution in [0.5, 0.6) is 0 Å². The molecule has 1 N–H and O–H groups in total. The van der Waals surface area contributed by atoms with Gasteiger partial charge >= 0.3 is 0 Å². The Bertz CT molecular complexity index is 339. The Hall–Kier alpha value is -0.450. The van der Waals surface area contributed by atoms with Gasteiger partial charge in [-0.15, -0.1) is 0 Å². The molecule has 4 heteroatoms. The highest BCUT2D eigenvalue weighted by atomic mass is 79.9. The third-order valence-corrected chi connectivity index (χ3v) is 3.25. The zero-order chi connectivity index (χ0) is 10.1. The molecule has 0 spiro atoms. The normalized spacial score (nSPS) is 18.2. The highest BCUT2D eigenvalue weighted by molar-refractivity contribution is 9.10. The van der Waals surface area contributed by atoms with Crippen LogP contribution in [0.25, 0.3) is 0 Å². The van der Waals surface area contributed by atoms with E-state index in [-0.39, 0.29) is 11.9 Å². The van der Waals surface area contributed by atoms with Crippen LogP contribution < -0.4 is 0 Å². The van der Waals surface area contributed by atoms with Crippen molar-refractivity contribution >= 4 is 15.9 Å². The highest BCUT2D eigenvalue weighted by Crippen LogP contribution is 2.23. The smallest absolute Gasteiger partial charge is 0.137 e. The number of likely N-dealkylation sites (tertiary alicyclic amines) is 1. The molecule has 14 heavy (non-hydrogen) atoms. The van der Waals surface area contributed by atoms with Gasteiger partial charge in [0.05, 0.1) is 10.6 Å². The molecule has 2 nitrogen and oxygen atoms in total. The van der Waals surface area contributed by atoms with E-state index in [4.69, 9.17) is 5.11 Å². The molecule has 0 bridgehead atoms. The van der Waals surface area contributed by atoms with E-state index in [1.807, 2.05) is 6.07 Å². The van der Waals surface area contributed by atoms with Crippen molar-refractivity contribution in [2.45, 2.75) is 12.6 Å². The first kappa shape index (κ1) is 10.1. The fourth-order valence-electron chi connectivity index (χ4n) is 1.58. The predicted molar refractivity (Wildman–Crippen MR) is 55.4 cm³/mol. The summed E-state index contributed by atoms with van der Waals surface area (Å²) in [5.74, 6) is -0.233. The van der Waals surface area contributed by atoms with Crippen molar-refractivity contribution in [1.82, 2.24) is 4.90 Å². The van der Waals surface area contributed by atoms with Gasteiger partial charge in [0.2, 0.25) is 0 Å². The molecule has 0 aliphatic carbocycles. The van der Waals surface area contributed by atoms with Gasteiger partial charge in [0.1, 0.15) is 5.82 Å². The van der Waals surface area contributed by atoms with Crippen molar-refractivity contribution < 1.29 is 9.50 Å².